The molecule has 132 valence electrons. The number of carbonyl (C=O) groups excluding carboxylic acids is 2. The molecule has 0 saturated carbocycles. The van der Waals surface area contributed by atoms with Gasteiger partial charge in [-0.15, -0.1) is 0 Å². The number of halogens is 1. The average Bonchev–Trinajstić information content (AvgIpc) is 2.64. The summed E-state index contributed by atoms with van der Waals surface area (Å²) in [5, 5.41) is 4.77. The number of hydrogen-bond acceptors (Lipinski definition) is 2. The van der Waals surface area contributed by atoms with Crippen LogP contribution in [-0.4, -0.2) is 17.7 Å². The lowest BCUT2D eigenvalue weighted by molar-refractivity contribution is -0.116. The van der Waals surface area contributed by atoms with Gasteiger partial charge >= 0.3 is 0 Å². The van der Waals surface area contributed by atoms with Gasteiger partial charge in [0.2, 0.25) is 5.91 Å². The Kier molecular flexibility index (Phi) is 5.81. The van der Waals surface area contributed by atoms with Gasteiger partial charge in [0.1, 0.15) is 0 Å². The third-order valence-electron chi connectivity index (χ3n) is 4.00. The molecule has 3 aromatic rings. The molecule has 0 unspecified atom stereocenters. The van der Waals surface area contributed by atoms with Crippen LogP contribution < -0.4 is 10.2 Å². The van der Waals surface area contributed by atoms with E-state index < -0.39 is 5.24 Å². The third-order valence-corrected chi connectivity index (χ3v) is 4.57. The van der Waals surface area contributed by atoms with Gasteiger partial charge in [-0.2, -0.15) is 0 Å². The minimum atomic E-state index is -0.410. The Hall–Kier alpha value is -2.50. The number of benzene rings is 3. The van der Waals surface area contributed by atoms with Crippen molar-refractivity contribution in [3.05, 3.63) is 71.8 Å². The molecule has 6 heteroatoms. The smallest absolute Gasteiger partial charge is 0.283 e. The number of nitrogens with one attached hydrogen (secondary N) is 1. The maximum absolute atomic E-state index is 12.3. The molecule has 0 aliphatic rings. The Morgan fingerprint density at radius 1 is 0.962 bits per heavy atom. The second-order valence-corrected chi connectivity index (χ2v) is 6.50. The molecule has 3 rings (SSSR count). The Morgan fingerprint density at radius 3 is 2.42 bits per heavy atom. The molecule has 4 nitrogen and oxygen atoms in total. The van der Waals surface area contributed by atoms with E-state index in [-0.39, 0.29) is 18.9 Å². The van der Waals surface area contributed by atoms with Gasteiger partial charge in [0.05, 0.1) is 16.4 Å². The zero-order valence-electron chi connectivity index (χ0n) is 13.9. The highest BCUT2D eigenvalue weighted by atomic mass is 35.5. The van der Waals surface area contributed by atoms with Gasteiger partial charge in [0, 0.05) is 18.4 Å². The maximum atomic E-state index is 12.3. The molecule has 0 spiro atoms. The summed E-state index contributed by atoms with van der Waals surface area (Å²) in [6, 6.07) is 20.5. The number of hydrogen-bond donors (Lipinski definition) is 2. The largest absolute Gasteiger partial charge is 0.325 e. The van der Waals surface area contributed by atoms with Gasteiger partial charge in [-0.25, -0.2) is 0 Å². The summed E-state index contributed by atoms with van der Waals surface area (Å²) < 4.78 is 0. The van der Waals surface area contributed by atoms with Crippen molar-refractivity contribution in [1.29, 1.82) is 0 Å². The summed E-state index contributed by atoms with van der Waals surface area (Å²) in [6.07, 6.45) is 0.126. The summed E-state index contributed by atoms with van der Waals surface area (Å²) in [7, 11) is 0. The van der Waals surface area contributed by atoms with Crippen molar-refractivity contribution in [3.63, 3.8) is 0 Å². The van der Waals surface area contributed by atoms with Gasteiger partial charge in [-0.1, -0.05) is 72.8 Å². The Bertz CT molecular complexity index is 956. The normalized spacial score (nSPS) is 10.5. The molecule has 3 aromatic carbocycles. The number of rotatable bonds is 5. The van der Waals surface area contributed by atoms with E-state index in [1.54, 1.807) is 24.3 Å². The molecule has 0 aliphatic heterocycles. The van der Waals surface area contributed by atoms with E-state index >= 15 is 0 Å². The standard InChI is InChI=1S/C20H17ClN2O2S/c21-16-9-3-4-10-17(16)22-19(24)12-13-23(20(25)26)18-11-5-7-14-6-1-2-8-15(14)18/h1-11H,12-13H2,(H,22,24)(H,25,26). The monoisotopic (exact) mass is 384 g/mol. The van der Waals surface area contributed by atoms with Crippen molar-refractivity contribution in [2.75, 3.05) is 16.8 Å². The van der Waals surface area contributed by atoms with Crippen molar-refractivity contribution >= 4 is 57.5 Å². The van der Waals surface area contributed by atoms with E-state index in [0.717, 1.165) is 16.5 Å². The summed E-state index contributed by atoms with van der Waals surface area (Å²) in [6.45, 7) is 0.215. The van der Waals surface area contributed by atoms with Crippen LogP contribution in [0.4, 0.5) is 16.2 Å². The molecule has 0 heterocycles. The first-order chi connectivity index (χ1) is 12.6. The molecule has 0 bridgehead atoms. The number of fused-ring (bicyclic) bond motifs is 1. The number of para-hydroxylation sites is 1. The molecular formula is C20H17ClN2O2S. The van der Waals surface area contributed by atoms with Crippen LogP contribution in [0.1, 0.15) is 6.42 Å². The highest BCUT2D eigenvalue weighted by molar-refractivity contribution is 7.96. The fourth-order valence-electron chi connectivity index (χ4n) is 2.75. The van der Waals surface area contributed by atoms with E-state index in [0.29, 0.717) is 10.7 Å². The molecule has 0 atom stereocenters. The molecule has 26 heavy (non-hydrogen) atoms. The molecule has 0 aromatic heterocycles. The van der Waals surface area contributed by atoms with Gasteiger partial charge in [0.15, 0.2) is 0 Å². The Morgan fingerprint density at radius 2 is 1.65 bits per heavy atom. The van der Waals surface area contributed by atoms with Gasteiger partial charge in [0.25, 0.3) is 5.24 Å². The van der Waals surface area contributed by atoms with Crippen LogP contribution >= 0.6 is 24.2 Å². The minimum absolute atomic E-state index is 0.126. The average molecular weight is 385 g/mol. The van der Waals surface area contributed by atoms with Crippen LogP contribution in [0.15, 0.2) is 66.7 Å². The van der Waals surface area contributed by atoms with Gasteiger partial charge in [-0.3, -0.25) is 9.59 Å². The van der Waals surface area contributed by atoms with Crippen molar-refractivity contribution in [1.82, 2.24) is 0 Å². The highest BCUT2D eigenvalue weighted by Crippen LogP contribution is 2.28. The summed E-state index contributed by atoms with van der Waals surface area (Å²) >= 11 is 10.0. The van der Waals surface area contributed by atoms with Crippen molar-refractivity contribution in [2.45, 2.75) is 6.42 Å². The fourth-order valence-corrected chi connectivity index (χ4v) is 3.14. The lowest BCUT2D eigenvalue weighted by Crippen LogP contribution is -2.30. The van der Waals surface area contributed by atoms with Crippen molar-refractivity contribution < 1.29 is 9.59 Å². The third kappa shape index (κ3) is 4.18. The summed E-state index contributed by atoms with van der Waals surface area (Å²) in [4.78, 5) is 25.8. The number of carbonyl (C=O) groups is 2. The summed E-state index contributed by atoms with van der Waals surface area (Å²) in [5.41, 5.74) is 1.28. The van der Waals surface area contributed by atoms with E-state index in [1.165, 1.54) is 4.90 Å². The SMILES string of the molecule is O=C(CCN(C(=O)S)c1cccc2ccccc12)Nc1ccccc1Cl. The number of amides is 2. The topological polar surface area (TPSA) is 49.4 Å². The predicted octanol–water partition coefficient (Wildman–Crippen LogP) is 5.38. The molecule has 0 saturated heterocycles. The molecule has 2 amide bonds. The van der Waals surface area contributed by atoms with Crippen LogP contribution in [0.2, 0.25) is 5.02 Å². The first-order valence-electron chi connectivity index (χ1n) is 8.09. The van der Waals surface area contributed by atoms with Gasteiger partial charge < -0.3 is 10.2 Å². The van der Waals surface area contributed by atoms with E-state index in [9.17, 15) is 9.59 Å². The van der Waals surface area contributed by atoms with E-state index in [2.05, 4.69) is 17.9 Å². The quantitative estimate of drug-likeness (QED) is 0.580. The first kappa shape index (κ1) is 18.3. The van der Waals surface area contributed by atoms with Crippen LogP contribution in [0, 0.1) is 0 Å². The number of nitrogens with zero attached hydrogens (tertiary/aromatic N) is 1. The molecular weight excluding hydrogens is 368 g/mol. The number of anilines is 2. The minimum Gasteiger partial charge on any atom is -0.325 e. The Balaban J connectivity index is 1.76. The molecule has 0 aliphatic carbocycles. The van der Waals surface area contributed by atoms with E-state index in [4.69, 9.17) is 11.6 Å². The van der Waals surface area contributed by atoms with Crippen LogP contribution in [0.5, 0.6) is 0 Å². The molecule has 0 fully saturated rings. The second kappa shape index (κ2) is 8.25. The highest BCUT2D eigenvalue weighted by Gasteiger charge is 2.16. The lowest BCUT2D eigenvalue weighted by atomic mass is 10.1. The lowest BCUT2D eigenvalue weighted by Gasteiger charge is -2.22. The van der Waals surface area contributed by atoms with Crippen molar-refractivity contribution in [2.24, 2.45) is 0 Å². The fraction of sp³-hybridized carbons (Fsp3) is 0.100. The zero-order chi connectivity index (χ0) is 18.5. The van der Waals surface area contributed by atoms with Crippen LogP contribution in [0.25, 0.3) is 10.8 Å². The molecule has 1 N–H and O–H groups in total. The van der Waals surface area contributed by atoms with Crippen LogP contribution in [-0.2, 0) is 4.79 Å². The van der Waals surface area contributed by atoms with Gasteiger partial charge in [-0.05, 0) is 23.6 Å². The predicted molar refractivity (Wildman–Crippen MR) is 110 cm³/mol. The maximum Gasteiger partial charge on any atom is 0.283 e. The zero-order valence-corrected chi connectivity index (χ0v) is 15.5. The van der Waals surface area contributed by atoms with E-state index in [1.807, 2.05) is 42.5 Å². The van der Waals surface area contributed by atoms with Crippen molar-refractivity contribution in [3.8, 4) is 0 Å². The second-order valence-electron chi connectivity index (χ2n) is 5.71. The van der Waals surface area contributed by atoms with Crippen LogP contribution in [0.3, 0.4) is 0 Å². The summed E-state index contributed by atoms with van der Waals surface area (Å²) in [5.74, 6) is -0.224. The Labute approximate surface area is 162 Å². The molecule has 0 radical (unpaired) electrons. The first-order valence-corrected chi connectivity index (χ1v) is 8.91. The number of thiol groups is 1.